The number of rotatable bonds is 4. The lowest BCUT2D eigenvalue weighted by atomic mass is 9.92. The Bertz CT molecular complexity index is 767. The standard InChI is InChI=1S/C14H13ClFN5O2/c1-14(10-3-2-9(16)6-11(10)15)12(22)21(13(23)19-14)5-4-20-8-17-7-18-20/h2-3,6-8H,4-5H2,1H3,(H,19,23). The molecule has 1 N–H and O–H groups in total. The number of carbonyl (C=O) groups excluding carboxylic acids is 2. The van der Waals surface area contributed by atoms with Crippen LogP contribution in [0.5, 0.6) is 0 Å². The van der Waals surface area contributed by atoms with Gasteiger partial charge in [0.15, 0.2) is 0 Å². The normalized spacial score (nSPS) is 20.9. The van der Waals surface area contributed by atoms with E-state index in [4.69, 9.17) is 11.6 Å². The Labute approximate surface area is 136 Å². The van der Waals surface area contributed by atoms with Gasteiger partial charge in [0, 0.05) is 10.6 Å². The van der Waals surface area contributed by atoms with E-state index in [1.165, 1.54) is 29.5 Å². The van der Waals surface area contributed by atoms with Crippen LogP contribution in [0.25, 0.3) is 0 Å². The van der Waals surface area contributed by atoms with Gasteiger partial charge in [-0.25, -0.2) is 14.2 Å². The highest BCUT2D eigenvalue weighted by molar-refractivity contribution is 6.32. The van der Waals surface area contributed by atoms with Crippen LogP contribution in [0.15, 0.2) is 30.9 Å². The first-order valence-electron chi connectivity index (χ1n) is 6.84. The summed E-state index contributed by atoms with van der Waals surface area (Å²) in [4.78, 5) is 29.7. The van der Waals surface area contributed by atoms with Gasteiger partial charge >= 0.3 is 6.03 Å². The molecule has 120 valence electrons. The predicted octanol–water partition coefficient (Wildman–Crippen LogP) is 1.54. The Kier molecular flexibility index (Phi) is 3.77. The Balaban J connectivity index is 1.84. The second kappa shape index (κ2) is 5.62. The number of nitrogens with one attached hydrogen (secondary N) is 1. The molecule has 1 saturated heterocycles. The summed E-state index contributed by atoms with van der Waals surface area (Å²) in [5.41, 5.74) is -0.980. The minimum Gasteiger partial charge on any atom is -0.319 e. The number of halogens is 2. The number of benzene rings is 1. The third kappa shape index (κ3) is 2.65. The second-order valence-electron chi connectivity index (χ2n) is 5.29. The molecule has 3 rings (SSSR count). The molecule has 1 aliphatic heterocycles. The molecule has 0 bridgehead atoms. The van der Waals surface area contributed by atoms with Crippen molar-refractivity contribution in [1.29, 1.82) is 0 Å². The molecular weight excluding hydrogens is 325 g/mol. The van der Waals surface area contributed by atoms with E-state index in [2.05, 4.69) is 15.4 Å². The third-order valence-corrected chi connectivity index (χ3v) is 4.08. The molecular formula is C14H13ClFN5O2. The number of hydrogen-bond donors (Lipinski definition) is 1. The third-order valence-electron chi connectivity index (χ3n) is 3.76. The maximum atomic E-state index is 13.2. The molecule has 7 nitrogen and oxygen atoms in total. The first-order valence-corrected chi connectivity index (χ1v) is 7.21. The largest absolute Gasteiger partial charge is 0.325 e. The Morgan fingerprint density at radius 2 is 2.13 bits per heavy atom. The van der Waals surface area contributed by atoms with Crippen LogP contribution >= 0.6 is 11.6 Å². The first kappa shape index (κ1) is 15.4. The van der Waals surface area contributed by atoms with Crippen LogP contribution in [0.2, 0.25) is 5.02 Å². The van der Waals surface area contributed by atoms with Gasteiger partial charge in [-0.2, -0.15) is 5.10 Å². The Morgan fingerprint density at radius 3 is 2.78 bits per heavy atom. The van der Waals surface area contributed by atoms with Crippen LogP contribution in [0.1, 0.15) is 12.5 Å². The van der Waals surface area contributed by atoms with E-state index in [1.54, 1.807) is 6.92 Å². The number of hydrogen-bond acceptors (Lipinski definition) is 4. The van der Waals surface area contributed by atoms with Crippen molar-refractivity contribution in [1.82, 2.24) is 25.0 Å². The van der Waals surface area contributed by atoms with E-state index in [-0.39, 0.29) is 11.6 Å². The number of nitrogens with zero attached hydrogens (tertiary/aromatic N) is 4. The van der Waals surface area contributed by atoms with E-state index in [1.807, 2.05) is 0 Å². The zero-order chi connectivity index (χ0) is 16.6. The maximum absolute atomic E-state index is 13.2. The molecule has 2 heterocycles. The lowest BCUT2D eigenvalue weighted by Crippen LogP contribution is -2.41. The lowest BCUT2D eigenvalue weighted by molar-refractivity contribution is -0.131. The van der Waals surface area contributed by atoms with Crippen LogP contribution in [0, 0.1) is 5.82 Å². The van der Waals surface area contributed by atoms with Gasteiger partial charge in [-0.1, -0.05) is 17.7 Å². The van der Waals surface area contributed by atoms with Crippen molar-refractivity contribution in [3.8, 4) is 0 Å². The summed E-state index contributed by atoms with van der Waals surface area (Å²) in [6.45, 7) is 2.01. The molecule has 3 amide bonds. The lowest BCUT2D eigenvalue weighted by Gasteiger charge is -2.23. The van der Waals surface area contributed by atoms with E-state index in [0.29, 0.717) is 12.1 Å². The van der Waals surface area contributed by atoms with Crippen molar-refractivity contribution in [2.75, 3.05) is 6.54 Å². The Morgan fingerprint density at radius 1 is 1.35 bits per heavy atom. The van der Waals surface area contributed by atoms with E-state index in [0.717, 1.165) is 11.0 Å². The quantitative estimate of drug-likeness (QED) is 0.858. The van der Waals surface area contributed by atoms with E-state index in [9.17, 15) is 14.0 Å². The first-order chi connectivity index (χ1) is 10.9. The van der Waals surface area contributed by atoms with Gasteiger partial charge in [-0.05, 0) is 19.1 Å². The molecule has 1 fully saturated rings. The molecule has 1 aliphatic rings. The van der Waals surface area contributed by atoms with Crippen LogP contribution in [0.4, 0.5) is 9.18 Å². The zero-order valence-electron chi connectivity index (χ0n) is 12.2. The van der Waals surface area contributed by atoms with Crippen molar-refractivity contribution in [3.05, 3.63) is 47.3 Å². The van der Waals surface area contributed by atoms with Gasteiger partial charge in [-0.3, -0.25) is 14.4 Å². The van der Waals surface area contributed by atoms with Crippen LogP contribution in [-0.4, -0.2) is 38.1 Å². The second-order valence-corrected chi connectivity index (χ2v) is 5.70. The molecule has 1 aromatic carbocycles. The molecule has 9 heteroatoms. The summed E-state index contributed by atoms with van der Waals surface area (Å²) < 4.78 is 14.7. The summed E-state index contributed by atoms with van der Waals surface area (Å²) in [5.74, 6) is -0.960. The molecule has 0 aliphatic carbocycles. The summed E-state index contributed by atoms with van der Waals surface area (Å²) in [5, 5.41) is 6.62. The summed E-state index contributed by atoms with van der Waals surface area (Å²) in [6.07, 6.45) is 2.86. The van der Waals surface area contributed by atoms with Crippen molar-refractivity contribution in [2.24, 2.45) is 0 Å². The molecule has 1 atom stereocenters. The van der Waals surface area contributed by atoms with Crippen molar-refractivity contribution < 1.29 is 14.0 Å². The Hall–Kier alpha value is -2.48. The number of amides is 3. The predicted molar refractivity (Wildman–Crippen MR) is 79.0 cm³/mol. The monoisotopic (exact) mass is 337 g/mol. The fourth-order valence-corrected chi connectivity index (χ4v) is 2.88. The molecule has 1 unspecified atom stereocenters. The van der Waals surface area contributed by atoms with Gasteiger partial charge in [0.25, 0.3) is 5.91 Å². The van der Waals surface area contributed by atoms with Crippen LogP contribution in [0.3, 0.4) is 0 Å². The highest BCUT2D eigenvalue weighted by atomic mass is 35.5. The number of carbonyl (C=O) groups is 2. The molecule has 0 saturated carbocycles. The molecule has 23 heavy (non-hydrogen) atoms. The zero-order valence-corrected chi connectivity index (χ0v) is 12.9. The van der Waals surface area contributed by atoms with Gasteiger partial charge in [0.1, 0.15) is 24.0 Å². The average Bonchev–Trinajstić information content (AvgIpc) is 3.06. The average molecular weight is 338 g/mol. The highest BCUT2D eigenvalue weighted by Crippen LogP contribution is 2.33. The topological polar surface area (TPSA) is 80.1 Å². The molecule has 1 aromatic heterocycles. The van der Waals surface area contributed by atoms with E-state index >= 15 is 0 Å². The van der Waals surface area contributed by atoms with Crippen molar-refractivity contribution in [2.45, 2.75) is 19.0 Å². The fraction of sp³-hybridized carbons (Fsp3) is 0.286. The summed E-state index contributed by atoms with van der Waals surface area (Å²) in [7, 11) is 0. The van der Waals surface area contributed by atoms with Gasteiger partial charge < -0.3 is 5.32 Å². The van der Waals surface area contributed by atoms with Crippen LogP contribution in [-0.2, 0) is 16.9 Å². The van der Waals surface area contributed by atoms with Gasteiger partial charge in [0.2, 0.25) is 0 Å². The molecule has 0 spiro atoms. The minimum absolute atomic E-state index is 0.0827. The van der Waals surface area contributed by atoms with Gasteiger partial charge in [0.05, 0.1) is 13.1 Å². The maximum Gasteiger partial charge on any atom is 0.325 e. The van der Waals surface area contributed by atoms with Gasteiger partial charge in [-0.15, -0.1) is 0 Å². The smallest absolute Gasteiger partial charge is 0.319 e. The SMILES string of the molecule is CC1(c2ccc(F)cc2Cl)NC(=O)N(CCn2cncn2)C1=O. The number of urea groups is 1. The summed E-state index contributed by atoms with van der Waals surface area (Å²) >= 11 is 6.03. The number of aromatic nitrogens is 3. The van der Waals surface area contributed by atoms with Crippen molar-refractivity contribution in [3.63, 3.8) is 0 Å². The van der Waals surface area contributed by atoms with Crippen molar-refractivity contribution >= 4 is 23.5 Å². The van der Waals surface area contributed by atoms with Crippen LogP contribution < -0.4 is 5.32 Å². The molecule has 0 radical (unpaired) electrons. The fourth-order valence-electron chi connectivity index (χ4n) is 2.53. The summed E-state index contributed by atoms with van der Waals surface area (Å²) in [6, 6.07) is 3.18. The van der Waals surface area contributed by atoms with E-state index < -0.39 is 23.3 Å². The highest BCUT2D eigenvalue weighted by Gasteiger charge is 2.49. The minimum atomic E-state index is -1.33. The number of imide groups is 1. The molecule has 2 aromatic rings.